The van der Waals surface area contributed by atoms with Gasteiger partial charge >= 0.3 is 0 Å². The van der Waals surface area contributed by atoms with E-state index < -0.39 is 5.60 Å². The Morgan fingerprint density at radius 3 is 2.68 bits per heavy atom. The Hall–Kier alpha value is -1.51. The summed E-state index contributed by atoms with van der Waals surface area (Å²) in [7, 11) is 0. The van der Waals surface area contributed by atoms with Crippen LogP contribution in [0.4, 0.5) is 5.69 Å². The predicted molar refractivity (Wildman–Crippen MR) is 77.8 cm³/mol. The van der Waals surface area contributed by atoms with E-state index in [0.717, 1.165) is 42.8 Å². The van der Waals surface area contributed by atoms with E-state index in [-0.39, 0.29) is 5.91 Å². The summed E-state index contributed by atoms with van der Waals surface area (Å²) < 4.78 is 5.83. The van der Waals surface area contributed by atoms with Crippen LogP contribution in [0.25, 0.3) is 0 Å². The van der Waals surface area contributed by atoms with Gasteiger partial charge in [-0.1, -0.05) is 25.8 Å². The van der Waals surface area contributed by atoms with Crippen LogP contribution in [-0.4, -0.2) is 18.1 Å². The second-order valence-corrected chi connectivity index (χ2v) is 5.75. The van der Waals surface area contributed by atoms with Crippen LogP contribution in [0.1, 0.15) is 45.6 Å². The maximum atomic E-state index is 12.5. The highest BCUT2D eigenvalue weighted by atomic mass is 16.5. The molecule has 1 heterocycles. The molecule has 1 aliphatic heterocycles. The molecule has 0 saturated heterocycles. The van der Waals surface area contributed by atoms with Crippen molar-refractivity contribution in [3.63, 3.8) is 0 Å². The van der Waals surface area contributed by atoms with Crippen LogP contribution in [0.2, 0.25) is 0 Å². The first-order valence-corrected chi connectivity index (χ1v) is 7.07. The highest BCUT2D eigenvalue weighted by Gasteiger charge is 2.40. The molecule has 1 aromatic carbocycles. The summed E-state index contributed by atoms with van der Waals surface area (Å²) in [5.41, 5.74) is 1.30. The standard InChI is InChI=1S/C16H23NO2/c1-5-6-7-10-17-13-11-12(2)8-9-14(13)19-16(3,4)15(17)18/h8-9,11H,5-7,10H2,1-4H3. The summed E-state index contributed by atoms with van der Waals surface area (Å²) >= 11 is 0. The van der Waals surface area contributed by atoms with Crippen LogP contribution in [0.15, 0.2) is 18.2 Å². The third kappa shape index (κ3) is 2.75. The molecule has 1 aromatic rings. The average molecular weight is 261 g/mol. The molecule has 2 rings (SSSR count). The van der Waals surface area contributed by atoms with Gasteiger partial charge in [0.05, 0.1) is 5.69 Å². The van der Waals surface area contributed by atoms with Gasteiger partial charge in [0, 0.05) is 6.54 Å². The number of nitrogens with zero attached hydrogens (tertiary/aromatic N) is 1. The molecule has 1 amide bonds. The van der Waals surface area contributed by atoms with Crippen molar-refractivity contribution in [3.05, 3.63) is 23.8 Å². The minimum atomic E-state index is -0.769. The lowest BCUT2D eigenvalue weighted by Gasteiger charge is -2.39. The minimum Gasteiger partial charge on any atom is -0.476 e. The molecule has 0 spiro atoms. The van der Waals surface area contributed by atoms with Crippen LogP contribution in [0.5, 0.6) is 5.75 Å². The Morgan fingerprint density at radius 1 is 1.26 bits per heavy atom. The quantitative estimate of drug-likeness (QED) is 0.774. The molecule has 0 N–H and O–H groups in total. The van der Waals surface area contributed by atoms with Crippen LogP contribution in [-0.2, 0) is 4.79 Å². The lowest BCUT2D eigenvalue weighted by molar-refractivity contribution is -0.132. The first kappa shape index (κ1) is 13.9. The smallest absolute Gasteiger partial charge is 0.270 e. The van der Waals surface area contributed by atoms with Gasteiger partial charge in [-0.05, 0) is 44.9 Å². The summed E-state index contributed by atoms with van der Waals surface area (Å²) in [6.07, 6.45) is 3.33. The van der Waals surface area contributed by atoms with Gasteiger partial charge in [-0.25, -0.2) is 0 Å². The van der Waals surface area contributed by atoms with Crippen LogP contribution < -0.4 is 9.64 Å². The van der Waals surface area contributed by atoms with Crippen LogP contribution >= 0.6 is 0 Å². The van der Waals surface area contributed by atoms with Crippen molar-refractivity contribution in [2.45, 2.75) is 52.6 Å². The molecule has 0 fully saturated rings. The summed E-state index contributed by atoms with van der Waals surface area (Å²) in [6, 6.07) is 6.02. The number of unbranched alkanes of at least 4 members (excludes halogenated alkanes) is 2. The third-order valence-corrected chi connectivity index (χ3v) is 3.52. The van der Waals surface area contributed by atoms with E-state index in [1.807, 2.05) is 43.9 Å². The van der Waals surface area contributed by atoms with Gasteiger partial charge in [-0.3, -0.25) is 4.79 Å². The molecular formula is C16H23NO2. The van der Waals surface area contributed by atoms with Gasteiger partial charge in [-0.15, -0.1) is 0 Å². The fourth-order valence-electron chi connectivity index (χ4n) is 2.42. The maximum Gasteiger partial charge on any atom is 0.270 e. The Balaban J connectivity index is 2.33. The molecule has 0 aliphatic carbocycles. The first-order chi connectivity index (χ1) is 8.95. The largest absolute Gasteiger partial charge is 0.476 e. The number of carbonyl (C=O) groups excluding carboxylic acids is 1. The number of hydrogen-bond donors (Lipinski definition) is 0. The highest BCUT2D eigenvalue weighted by molar-refractivity contribution is 6.02. The molecule has 1 aliphatic rings. The van der Waals surface area contributed by atoms with E-state index in [0.29, 0.717) is 0 Å². The second kappa shape index (κ2) is 5.24. The lowest BCUT2D eigenvalue weighted by Crippen LogP contribution is -2.52. The summed E-state index contributed by atoms with van der Waals surface area (Å²) in [6.45, 7) is 8.66. The van der Waals surface area contributed by atoms with Crippen molar-refractivity contribution in [1.82, 2.24) is 0 Å². The summed E-state index contributed by atoms with van der Waals surface area (Å²) in [4.78, 5) is 14.4. The van der Waals surface area contributed by atoms with E-state index in [1.54, 1.807) is 0 Å². The Morgan fingerprint density at radius 2 is 2.00 bits per heavy atom. The SMILES string of the molecule is CCCCCN1C(=O)C(C)(C)Oc2ccc(C)cc21. The number of amides is 1. The molecule has 3 nitrogen and oxygen atoms in total. The van der Waals surface area contributed by atoms with Crippen molar-refractivity contribution >= 4 is 11.6 Å². The second-order valence-electron chi connectivity index (χ2n) is 5.75. The van der Waals surface area contributed by atoms with Crippen LogP contribution in [0, 0.1) is 6.92 Å². The van der Waals surface area contributed by atoms with Crippen LogP contribution in [0.3, 0.4) is 0 Å². The topological polar surface area (TPSA) is 29.5 Å². The van der Waals surface area contributed by atoms with Gasteiger partial charge in [0.1, 0.15) is 5.75 Å². The maximum absolute atomic E-state index is 12.5. The summed E-state index contributed by atoms with van der Waals surface area (Å²) in [5, 5.41) is 0. The molecular weight excluding hydrogens is 238 g/mol. The number of carbonyl (C=O) groups is 1. The van der Waals surface area contributed by atoms with E-state index in [1.165, 1.54) is 0 Å². The first-order valence-electron chi connectivity index (χ1n) is 7.07. The molecule has 3 heteroatoms. The van der Waals surface area contributed by atoms with Crippen molar-refractivity contribution < 1.29 is 9.53 Å². The zero-order valence-electron chi connectivity index (χ0n) is 12.3. The molecule has 0 radical (unpaired) electrons. The van der Waals surface area contributed by atoms with Gasteiger partial charge in [0.25, 0.3) is 5.91 Å². The van der Waals surface area contributed by atoms with Gasteiger partial charge in [0.15, 0.2) is 5.60 Å². The van der Waals surface area contributed by atoms with Gasteiger partial charge < -0.3 is 9.64 Å². The van der Waals surface area contributed by atoms with E-state index in [2.05, 4.69) is 6.92 Å². The normalized spacial score (nSPS) is 17.1. The monoisotopic (exact) mass is 261 g/mol. The summed E-state index contributed by atoms with van der Waals surface area (Å²) in [5.74, 6) is 0.869. The number of rotatable bonds is 4. The molecule has 104 valence electrons. The molecule has 0 bridgehead atoms. The zero-order valence-corrected chi connectivity index (χ0v) is 12.3. The fraction of sp³-hybridized carbons (Fsp3) is 0.562. The van der Waals surface area contributed by atoms with E-state index in [4.69, 9.17) is 4.74 Å². The Kier molecular flexibility index (Phi) is 3.83. The number of fused-ring (bicyclic) bond motifs is 1. The molecule has 19 heavy (non-hydrogen) atoms. The number of aryl methyl sites for hydroxylation is 1. The lowest BCUT2D eigenvalue weighted by atomic mass is 10.0. The number of hydrogen-bond acceptors (Lipinski definition) is 2. The Labute approximate surface area is 115 Å². The average Bonchev–Trinajstić information content (AvgIpc) is 2.35. The van der Waals surface area contributed by atoms with Crippen molar-refractivity contribution in [3.8, 4) is 5.75 Å². The highest BCUT2D eigenvalue weighted by Crippen LogP contribution is 2.38. The molecule has 0 saturated carbocycles. The van der Waals surface area contributed by atoms with Gasteiger partial charge in [-0.2, -0.15) is 0 Å². The zero-order chi connectivity index (χ0) is 14.0. The molecule has 0 aromatic heterocycles. The van der Waals surface area contributed by atoms with E-state index >= 15 is 0 Å². The Bertz CT molecular complexity index is 480. The third-order valence-electron chi connectivity index (χ3n) is 3.52. The van der Waals surface area contributed by atoms with Crippen molar-refractivity contribution in [2.75, 3.05) is 11.4 Å². The fourth-order valence-corrected chi connectivity index (χ4v) is 2.42. The van der Waals surface area contributed by atoms with Crippen molar-refractivity contribution in [1.29, 1.82) is 0 Å². The van der Waals surface area contributed by atoms with E-state index in [9.17, 15) is 4.79 Å². The number of benzene rings is 1. The van der Waals surface area contributed by atoms with Gasteiger partial charge in [0.2, 0.25) is 0 Å². The number of anilines is 1. The molecule has 0 atom stereocenters. The minimum absolute atomic E-state index is 0.0571. The molecule has 0 unspecified atom stereocenters. The number of ether oxygens (including phenoxy) is 1. The van der Waals surface area contributed by atoms with Crippen molar-refractivity contribution in [2.24, 2.45) is 0 Å². The predicted octanol–water partition coefficient (Wildman–Crippen LogP) is 3.69.